The molecule has 0 radical (unpaired) electrons. The molecular weight excluding hydrogens is 300 g/mol. The van der Waals surface area contributed by atoms with E-state index in [1.54, 1.807) is 0 Å². The lowest BCUT2D eigenvalue weighted by molar-refractivity contribution is -0.116. The molecule has 126 valence electrons. The van der Waals surface area contributed by atoms with Crippen LogP contribution in [0.3, 0.4) is 0 Å². The minimum absolute atomic E-state index is 0.0369. The van der Waals surface area contributed by atoms with E-state index >= 15 is 0 Å². The molecule has 24 heavy (non-hydrogen) atoms. The first-order valence-corrected chi connectivity index (χ1v) is 8.09. The molecule has 0 aliphatic rings. The fraction of sp³-hybridized carbons (Fsp3) is 0.263. The van der Waals surface area contributed by atoms with Gasteiger partial charge in [-0.1, -0.05) is 36.8 Å². The van der Waals surface area contributed by atoms with Crippen molar-refractivity contribution >= 4 is 23.2 Å². The minimum Gasteiger partial charge on any atom is -0.370 e. The molecule has 0 saturated carbocycles. The molecule has 0 atom stereocenters. The van der Waals surface area contributed by atoms with Gasteiger partial charge in [0.25, 0.3) is 0 Å². The van der Waals surface area contributed by atoms with Crippen LogP contribution in [0.5, 0.6) is 0 Å². The lowest BCUT2D eigenvalue weighted by Crippen LogP contribution is -2.22. The lowest BCUT2D eigenvalue weighted by atomic mass is 10.2. The lowest BCUT2D eigenvalue weighted by Gasteiger charge is -2.07. The zero-order valence-corrected chi connectivity index (χ0v) is 14.2. The molecule has 5 heteroatoms. The number of aliphatic imine (C=N–C) groups is 1. The third kappa shape index (κ3) is 5.76. The summed E-state index contributed by atoms with van der Waals surface area (Å²) < 4.78 is 0. The van der Waals surface area contributed by atoms with Crippen molar-refractivity contribution < 1.29 is 4.79 Å². The van der Waals surface area contributed by atoms with E-state index in [1.165, 1.54) is 5.56 Å². The molecule has 1 amide bonds. The Labute approximate surface area is 143 Å². The fourth-order valence-corrected chi connectivity index (χ4v) is 2.14. The normalized spacial score (nSPS) is 11.2. The van der Waals surface area contributed by atoms with Gasteiger partial charge in [-0.25, -0.2) is 4.99 Å². The molecular formula is C19H24N4O. The maximum absolute atomic E-state index is 11.5. The standard InChI is InChI=1S/C19H24N4O/c1-3-4-18(24)22-16-11-7-15(8-12-16)13-21-19(20)23-17-9-5-14(2)6-10-17/h5-12H,3-4,13H2,1-2H3,(H,22,24)(H3,20,21,23). The Bertz CT molecular complexity index is 690. The smallest absolute Gasteiger partial charge is 0.224 e. The Morgan fingerprint density at radius 1 is 1.00 bits per heavy atom. The van der Waals surface area contributed by atoms with Crippen LogP contribution in [0.25, 0.3) is 0 Å². The summed E-state index contributed by atoms with van der Waals surface area (Å²) in [6, 6.07) is 15.6. The summed E-state index contributed by atoms with van der Waals surface area (Å²) in [5, 5.41) is 5.92. The summed E-state index contributed by atoms with van der Waals surface area (Å²) in [5.41, 5.74) is 9.84. The van der Waals surface area contributed by atoms with Gasteiger partial charge in [-0.15, -0.1) is 0 Å². The van der Waals surface area contributed by atoms with Crippen molar-refractivity contribution in [1.82, 2.24) is 0 Å². The van der Waals surface area contributed by atoms with E-state index in [-0.39, 0.29) is 5.91 Å². The van der Waals surface area contributed by atoms with E-state index in [9.17, 15) is 4.79 Å². The number of nitrogens with zero attached hydrogens (tertiary/aromatic N) is 1. The van der Waals surface area contributed by atoms with Gasteiger partial charge in [0, 0.05) is 17.8 Å². The van der Waals surface area contributed by atoms with Crippen LogP contribution in [-0.4, -0.2) is 11.9 Å². The summed E-state index contributed by atoms with van der Waals surface area (Å²) in [7, 11) is 0. The molecule has 0 saturated heterocycles. The van der Waals surface area contributed by atoms with E-state index < -0.39 is 0 Å². The Hall–Kier alpha value is -2.82. The number of nitrogens with two attached hydrogens (primary N) is 1. The van der Waals surface area contributed by atoms with E-state index in [0.717, 1.165) is 23.4 Å². The number of carbonyl (C=O) groups excluding carboxylic acids is 1. The van der Waals surface area contributed by atoms with Gasteiger partial charge in [0.2, 0.25) is 5.91 Å². The Balaban J connectivity index is 1.88. The fourth-order valence-electron chi connectivity index (χ4n) is 2.14. The van der Waals surface area contributed by atoms with Crippen molar-refractivity contribution in [1.29, 1.82) is 0 Å². The van der Waals surface area contributed by atoms with Crippen LogP contribution < -0.4 is 16.4 Å². The van der Waals surface area contributed by atoms with Gasteiger partial charge in [-0.3, -0.25) is 4.79 Å². The first-order valence-electron chi connectivity index (χ1n) is 8.09. The molecule has 5 nitrogen and oxygen atoms in total. The molecule has 2 aromatic rings. The van der Waals surface area contributed by atoms with Crippen LogP contribution >= 0.6 is 0 Å². The number of anilines is 2. The van der Waals surface area contributed by atoms with Crippen LogP contribution in [0.15, 0.2) is 53.5 Å². The van der Waals surface area contributed by atoms with Crippen LogP contribution in [0.1, 0.15) is 30.9 Å². The molecule has 2 rings (SSSR count). The maximum Gasteiger partial charge on any atom is 0.224 e. The highest BCUT2D eigenvalue weighted by molar-refractivity contribution is 5.92. The summed E-state index contributed by atoms with van der Waals surface area (Å²) in [6.45, 7) is 4.50. The first-order chi connectivity index (χ1) is 11.6. The van der Waals surface area contributed by atoms with Gasteiger partial charge in [0.05, 0.1) is 6.54 Å². The van der Waals surface area contributed by atoms with Crippen molar-refractivity contribution in [3.05, 3.63) is 59.7 Å². The number of rotatable bonds is 6. The Kier molecular flexibility index (Phi) is 6.37. The molecule has 0 heterocycles. The second-order valence-electron chi connectivity index (χ2n) is 5.69. The number of nitrogens with one attached hydrogen (secondary N) is 2. The highest BCUT2D eigenvalue weighted by atomic mass is 16.1. The number of guanidine groups is 1. The molecule has 0 aromatic heterocycles. The third-order valence-electron chi connectivity index (χ3n) is 3.47. The van der Waals surface area contributed by atoms with Gasteiger partial charge >= 0.3 is 0 Å². The first kappa shape index (κ1) is 17.5. The number of carbonyl (C=O) groups is 1. The van der Waals surface area contributed by atoms with Crippen molar-refractivity contribution in [2.24, 2.45) is 10.7 Å². The van der Waals surface area contributed by atoms with Crippen molar-refractivity contribution in [3.63, 3.8) is 0 Å². The summed E-state index contributed by atoms with van der Waals surface area (Å²) in [5.74, 6) is 0.411. The van der Waals surface area contributed by atoms with Gasteiger partial charge < -0.3 is 16.4 Å². The average Bonchev–Trinajstić information content (AvgIpc) is 2.56. The predicted molar refractivity (Wildman–Crippen MR) is 100 cm³/mol. The van der Waals surface area contributed by atoms with Crippen LogP contribution in [0, 0.1) is 6.92 Å². The number of amides is 1. The zero-order chi connectivity index (χ0) is 17.4. The molecule has 0 spiro atoms. The van der Waals surface area contributed by atoms with Crippen LogP contribution in [-0.2, 0) is 11.3 Å². The third-order valence-corrected chi connectivity index (χ3v) is 3.47. The zero-order valence-electron chi connectivity index (χ0n) is 14.2. The van der Waals surface area contributed by atoms with Crippen molar-refractivity contribution in [2.45, 2.75) is 33.2 Å². The second-order valence-corrected chi connectivity index (χ2v) is 5.69. The van der Waals surface area contributed by atoms with E-state index in [0.29, 0.717) is 18.9 Å². The quantitative estimate of drug-likeness (QED) is 0.560. The van der Waals surface area contributed by atoms with Gasteiger partial charge in [0.1, 0.15) is 0 Å². The second kappa shape index (κ2) is 8.72. The molecule has 0 bridgehead atoms. The van der Waals surface area contributed by atoms with E-state index in [1.807, 2.05) is 62.4 Å². The molecule has 0 aliphatic heterocycles. The Morgan fingerprint density at radius 2 is 1.58 bits per heavy atom. The number of hydrogen-bond donors (Lipinski definition) is 3. The van der Waals surface area contributed by atoms with Crippen molar-refractivity contribution in [2.75, 3.05) is 10.6 Å². The average molecular weight is 324 g/mol. The summed E-state index contributed by atoms with van der Waals surface area (Å²) in [4.78, 5) is 15.9. The largest absolute Gasteiger partial charge is 0.370 e. The number of benzene rings is 2. The summed E-state index contributed by atoms with van der Waals surface area (Å²) >= 11 is 0. The number of aryl methyl sites for hydroxylation is 1. The molecule has 0 aliphatic carbocycles. The van der Waals surface area contributed by atoms with Gasteiger partial charge in [-0.05, 0) is 43.2 Å². The topological polar surface area (TPSA) is 79.5 Å². The van der Waals surface area contributed by atoms with Crippen LogP contribution in [0.4, 0.5) is 11.4 Å². The molecule has 0 fully saturated rings. The molecule has 4 N–H and O–H groups in total. The van der Waals surface area contributed by atoms with Crippen molar-refractivity contribution in [3.8, 4) is 0 Å². The van der Waals surface area contributed by atoms with E-state index in [2.05, 4.69) is 15.6 Å². The molecule has 0 unspecified atom stereocenters. The van der Waals surface area contributed by atoms with E-state index in [4.69, 9.17) is 5.73 Å². The monoisotopic (exact) mass is 324 g/mol. The van der Waals surface area contributed by atoms with Gasteiger partial charge in [0.15, 0.2) is 5.96 Å². The maximum atomic E-state index is 11.5. The summed E-state index contributed by atoms with van der Waals surface area (Å²) in [6.07, 6.45) is 1.37. The minimum atomic E-state index is 0.0369. The Morgan fingerprint density at radius 3 is 2.21 bits per heavy atom. The van der Waals surface area contributed by atoms with Crippen LogP contribution in [0.2, 0.25) is 0 Å². The molecule has 2 aromatic carbocycles. The predicted octanol–water partition coefficient (Wildman–Crippen LogP) is 3.66. The number of hydrogen-bond acceptors (Lipinski definition) is 2. The SMILES string of the molecule is CCCC(=O)Nc1ccc(CN=C(N)Nc2ccc(C)cc2)cc1. The van der Waals surface area contributed by atoms with Gasteiger partial charge in [-0.2, -0.15) is 0 Å². The highest BCUT2D eigenvalue weighted by Crippen LogP contribution is 2.12. The highest BCUT2D eigenvalue weighted by Gasteiger charge is 2.01.